The van der Waals surface area contributed by atoms with Crippen molar-refractivity contribution >= 4 is 12.1 Å². The molecule has 1 aliphatic rings. The molecule has 0 saturated heterocycles. The summed E-state index contributed by atoms with van der Waals surface area (Å²) in [7, 11) is 0. The highest BCUT2D eigenvalue weighted by Gasteiger charge is 2.19. The predicted octanol–water partition coefficient (Wildman–Crippen LogP) is 2.52. The van der Waals surface area contributed by atoms with Crippen LogP contribution in [0.3, 0.4) is 0 Å². The van der Waals surface area contributed by atoms with Gasteiger partial charge in [-0.2, -0.15) is 0 Å². The Bertz CT molecular complexity index is 553. The van der Waals surface area contributed by atoms with E-state index < -0.39 is 18.4 Å². The van der Waals surface area contributed by atoms with Gasteiger partial charge in [0.15, 0.2) is 11.5 Å². The van der Waals surface area contributed by atoms with Gasteiger partial charge in [0.1, 0.15) is 19.0 Å². The Balaban J connectivity index is 1.88. The van der Waals surface area contributed by atoms with Crippen LogP contribution in [-0.2, 0) is 14.3 Å². The zero-order chi connectivity index (χ0) is 16.1. The van der Waals surface area contributed by atoms with Crippen molar-refractivity contribution in [1.29, 1.82) is 0 Å². The van der Waals surface area contributed by atoms with Crippen molar-refractivity contribution in [3.8, 4) is 17.2 Å². The Morgan fingerprint density at radius 1 is 1.05 bits per heavy atom. The highest BCUT2D eigenvalue weighted by Crippen LogP contribution is 2.33. The van der Waals surface area contributed by atoms with E-state index in [0.717, 1.165) is 0 Å². The van der Waals surface area contributed by atoms with Crippen molar-refractivity contribution in [2.75, 3.05) is 13.2 Å². The smallest absolute Gasteiger partial charge is 0.486 e. The summed E-state index contributed by atoms with van der Waals surface area (Å²) >= 11 is 0. The summed E-state index contributed by atoms with van der Waals surface area (Å²) in [5.41, 5.74) is 0. The van der Waals surface area contributed by atoms with Crippen LogP contribution >= 0.6 is 0 Å². The summed E-state index contributed by atoms with van der Waals surface area (Å²) < 4.78 is 25.5. The lowest BCUT2D eigenvalue weighted by Crippen LogP contribution is -2.25. The fourth-order valence-electron chi connectivity index (χ4n) is 1.67. The van der Waals surface area contributed by atoms with Crippen LogP contribution in [0.15, 0.2) is 18.2 Å². The van der Waals surface area contributed by atoms with Crippen molar-refractivity contribution in [2.45, 2.75) is 27.1 Å². The molecule has 2 rings (SSSR count). The van der Waals surface area contributed by atoms with Gasteiger partial charge >= 0.3 is 12.1 Å². The van der Waals surface area contributed by atoms with Crippen molar-refractivity contribution in [3.05, 3.63) is 18.2 Å². The molecule has 0 N–H and O–H groups in total. The van der Waals surface area contributed by atoms with E-state index in [1.807, 2.05) is 0 Å². The van der Waals surface area contributed by atoms with Gasteiger partial charge in [0, 0.05) is 13.0 Å². The molecule has 0 radical (unpaired) electrons. The SMILES string of the molecule is CC(OC(=O)Oc1ccc2c(c1)OCCO2)OC(=O)C(C)C. The first-order chi connectivity index (χ1) is 10.5. The minimum Gasteiger partial charge on any atom is -0.486 e. The number of rotatable bonds is 4. The zero-order valence-electron chi connectivity index (χ0n) is 12.7. The van der Waals surface area contributed by atoms with Crippen LogP contribution < -0.4 is 14.2 Å². The zero-order valence-corrected chi connectivity index (χ0v) is 12.7. The van der Waals surface area contributed by atoms with Gasteiger partial charge in [-0.05, 0) is 12.1 Å². The fourth-order valence-corrected chi connectivity index (χ4v) is 1.67. The van der Waals surface area contributed by atoms with Crippen molar-refractivity contribution in [3.63, 3.8) is 0 Å². The van der Waals surface area contributed by atoms with E-state index in [4.69, 9.17) is 23.7 Å². The molecule has 0 spiro atoms. The molecule has 0 aliphatic carbocycles. The van der Waals surface area contributed by atoms with E-state index in [1.165, 1.54) is 13.0 Å². The number of hydrogen-bond donors (Lipinski definition) is 0. The molecule has 1 atom stereocenters. The molecular weight excluding hydrogens is 292 g/mol. The molecule has 0 saturated carbocycles. The molecule has 0 amide bonds. The van der Waals surface area contributed by atoms with E-state index in [-0.39, 0.29) is 11.7 Å². The lowest BCUT2D eigenvalue weighted by atomic mass is 10.2. The molecule has 22 heavy (non-hydrogen) atoms. The van der Waals surface area contributed by atoms with Gasteiger partial charge in [-0.25, -0.2) is 4.79 Å². The normalized spacial score (nSPS) is 14.2. The fraction of sp³-hybridized carbons (Fsp3) is 0.467. The molecule has 1 heterocycles. The molecule has 1 aromatic rings. The summed E-state index contributed by atoms with van der Waals surface area (Å²) in [6.45, 7) is 5.72. The molecule has 0 aromatic heterocycles. The third-order valence-electron chi connectivity index (χ3n) is 2.73. The highest BCUT2D eigenvalue weighted by molar-refractivity contribution is 5.72. The standard InChI is InChI=1S/C15H18O7/c1-9(2)14(16)20-10(3)21-15(17)22-11-4-5-12-13(8-11)19-7-6-18-12/h4-5,8-10H,6-7H2,1-3H3. The third kappa shape index (κ3) is 4.28. The second kappa shape index (κ2) is 7.02. The summed E-state index contributed by atoms with van der Waals surface area (Å²) in [6, 6.07) is 4.72. The predicted molar refractivity (Wildman–Crippen MR) is 74.9 cm³/mol. The first-order valence-electron chi connectivity index (χ1n) is 6.94. The molecule has 1 aliphatic heterocycles. The number of benzene rings is 1. The molecular formula is C15H18O7. The van der Waals surface area contributed by atoms with Gasteiger partial charge < -0.3 is 23.7 Å². The van der Waals surface area contributed by atoms with Crippen LogP contribution in [0.1, 0.15) is 20.8 Å². The summed E-state index contributed by atoms with van der Waals surface area (Å²) in [5.74, 6) is 0.568. The molecule has 1 unspecified atom stereocenters. The average molecular weight is 310 g/mol. The van der Waals surface area contributed by atoms with E-state index in [2.05, 4.69) is 0 Å². The van der Waals surface area contributed by atoms with Crippen molar-refractivity contribution in [2.24, 2.45) is 5.92 Å². The number of ether oxygens (including phenoxy) is 5. The molecule has 0 bridgehead atoms. The van der Waals surface area contributed by atoms with E-state index in [1.54, 1.807) is 26.0 Å². The molecule has 1 aromatic carbocycles. The van der Waals surface area contributed by atoms with Crippen molar-refractivity contribution < 1.29 is 33.3 Å². The average Bonchev–Trinajstić information content (AvgIpc) is 2.46. The minimum atomic E-state index is -1.03. The van der Waals surface area contributed by atoms with Crippen LogP contribution in [0, 0.1) is 5.92 Å². The second-order valence-corrected chi connectivity index (χ2v) is 4.93. The second-order valence-electron chi connectivity index (χ2n) is 4.93. The van der Waals surface area contributed by atoms with Gasteiger partial charge in [0.25, 0.3) is 0 Å². The maximum Gasteiger partial charge on any atom is 0.516 e. The number of esters is 1. The Hall–Kier alpha value is -2.44. The third-order valence-corrected chi connectivity index (χ3v) is 2.73. The highest BCUT2D eigenvalue weighted by atomic mass is 16.8. The monoisotopic (exact) mass is 310 g/mol. The quantitative estimate of drug-likeness (QED) is 0.480. The first-order valence-corrected chi connectivity index (χ1v) is 6.94. The largest absolute Gasteiger partial charge is 0.516 e. The molecule has 7 nitrogen and oxygen atoms in total. The van der Waals surface area contributed by atoms with E-state index in [0.29, 0.717) is 24.7 Å². The van der Waals surface area contributed by atoms with Crippen LogP contribution in [0.4, 0.5) is 4.79 Å². The summed E-state index contributed by atoms with van der Waals surface area (Å²) in [6.07, 6.45) is -2.00. The Morgan fingerprint density at radius 2 is 1.73 bits per heavy atom. The Labute approximate surface area is 128 Å². The number of fused-ring (bicyclic) bond motifs is 1. The first kappa shape index (κ1) is 15.9. The summed E-state index contributed by atoms with van der Waals surface area (Å²) in [4.78, 5) is 23.0. The van der Waals surface area contributed by atoms with Crippen LogP contribution in [0.5, 0.6) is 17.2 Å². The lowest BCUT2D eigenvalue weighted by molar-refractivity contribution is -0.170. The Morgan fingerprint density at radius 3 is 2.41 bits per heavy atom. The van der Waals surface area contributed by atoms with Gasteiger partial charge in [0.2, 0.25) is 6.29 Å². The van der Waals surface area contributed by atoms with Crippen LogP contribution in [0.2, 0.25) is 0 Å². The maximum absolute atomic E-state index is 11.6. The van der Waals surface area contributed by atoms with Crippen LogP contribution in [0.25, 0.3) is 0 Å². The summed E-state index contributed by atoms with van der Waals surface area (Å²) in [5, 5.41) is 0. The minimum absolute atomic E-state index is 0.247. The lowest BCUT2D eigenvalue weighted by Gasteiger charge is -2.19. The molecule has 0 fully saturated rings. The van der Waals surface area contributed by atoms with Gasteiger partial charge in [0.05, 0.1) is 5.92 Å². The maximum atomic E-state index is 11.6. The van der Waals surface area contributed by atoms with E-state index in [9.17, 15) is 9.59 Å². The van der Waals surface area contributed by atoms with Crippen molar-refractivity contribution in [1.82, 2.24) is 0 Å². The van der Waals surface area contributed by atoms with Gasteiger partial charge in [-0.3, -0.25) is 4.79 Å². The van der Waals surface area contributed by atoms with Gasteiger partial charge in [-0.1, -0.05) is 13.8 Å². The number of carbonyl (C=O) groups is 2. The molecule has 120 valence electrons. The number of hydrogen-bond acceptors (Lipinski definition) is 7. The van der Waals surface area contributed by atoms with Gasteiger partial charge in [-0.15, -0.1) is 0 Å². The molecule has 7 heteroatoms. The number of carbonyl (C=O) groups excluding carboxylic acids is 2. The van der Waals surface area contributed by atoms with E-state index >= 15 is 0 Å². The van der Waals surface area contributed by atoms with Crippen LogP contribution in [-0.4, -0.2) is 31.6 Å². The Kier molecular flexibility index (Phi) is 5.08. The topological polar surface area (TPSA) is 80.3 Å².